The molecular weight excluding hydrogens is 253 g/mol. The van der Waals surface area contributed by atoms with Gasteiger partial charge in [-0.15, -0.1) is 11.6 Å². The van der Waals surface area contributed by atoms with Gasteiger partial charge < -0.3 is 4.90 Å². The summed E-state index contributed by atoms with van der Waals surface area (Å²) in [5.74, 6) is 0.694. The lowest BCUT2D eigenvalue weighted by Gasteiger charge is -2.34. The van der Waals surface area contributed by atoms with Crippen molar-refractivity contribution in [2.45, 2.75) is 25.4 Å². The van der Waals surface area contributed by atoms with Crippen LogP contribution in [0.15, 0.2) is 0 Å². The monoisotopic (exact) mass is 272 g/mol. The number of unbranched alkanes of at least 4 members (excludes halogenated alkanes) is 2. The second kappa shape index (κ2) is 7.44. The summed E-state index contributed by atoms with van der Waals surface area (Å²) in [5, 5.41) is 0. The molecular formula is C11H20ClF3N2. The molecule has 0 aromatic rings. The molecule has 1 heterocycles. The van der Waals surface area contributed by atoms with Gasteiger partial charge in [0.1, 0.15) is 0 Å². The Morgan fingerprint density at radius 3 is 2.00 bits per heavy atom. The summed E-state index contributed by atoms with van der Waals surface area (Å²) < 4.78 is 36.5. The van der Waals surface area contributed by atoms with Crippen molar-refractivity contribution in [1.82, 2.24) is 9.80 Å². The van der Waals surface area contributed by atoms with Crippen molar-refractivity contribution in [3.63, 3.8) is 0 Å². The Hall–Kier alpha value is 0. The zero-order valence-electron chi connectivity index (χ0n) is 9.98. The van der Waals surface area contributed by atoms with Gasteiger partial charge in [0.15, 0.2) is 0 Å². The molecule has 0 amide bonds. The third-order valence-corrected chi connectivity index (χ3v) is 3.24. The maximum absolute atomic E-state index is 12.2. The first kappa shape index (κ1) is 15.1. The summed E-state index contributed by atoms with van der Waals surface area (Å²) in [6, 6.07) is 0. The minimum atomic E-state index is -4.07. The number of nitrogens with zero attached hydrogens (tertiary/aromatic N) is 2. The van der Waals surface area contributed by atoms with Crippen molar-refractivity contribution in [2.75, 3.05) is 45.1 Å². The van der Waals surface area contributed by atoms with E-state index in [2.05, 4.69) is 4.90 Å². The van der Waals surface area contributed by atoms with Crippen LogP contribution < -0.4 is 0 Å². The van der Waals surface area contributed by atoms with Crippen molar-refractivity contribution in [3.8, 4) is 0 Å². The number of halogens is 4. The third kappa shape index (κ3) is 7.11. The fraction of sp³-hybridized carbons (Fsp3) is 1.00. The van der Waals surface area contributed by atoms with Crippen molar-refractivity contribution >= 4 is 11.6 Å². The van der Waals surface area contributed by atoms with Crippen molar-refractivity contribution < 1.29 is 13.2 Å². The van der Waals surface area contributed by atoms with E-state index in [0.717, 1.165) is 38.9 Å². The van der Waals surface area contributed by atoms with E-state index in [1.807, 2.05) is 0 Å². The number of rotatable bonds is 6. The fourth-order valence-corrected chi connectivity index (χ4v) is 2.22. The van der Waals surface area contributed by atoms with Crippen LogP contribution in [0.2, 0.25) is 0 Å². The standard InChI is InChI=1S/C11H20ClF3N2/c12-4-2-1-3-5-16-6-8-17(9-7-16)10-11(13,14)15/h1-10H2. The molecule has 2 nitrogen and oxygen atoms in total. The zero-order chi connectivity index (χ0) is 12.7. The van der Waals surface area contributed by atoms with E-state index in [1.165, 1.54) is 4.90 Å². The SMILES string of the molecule is FC(F)(F)CN1CCN(CCCCCCl)CC1. The van der Waals surface area contributed by atoms with Crippen LogP contribution in [0.3, 0.4) is 0 Å². The van der Waals surface area contributed by atoms with Gasteiger partial charge in [0.2, 0.25) is 0 Å². The average Bonchev–Trinajstić information content (AvgIpc) is 2.25. The minimum absolute atomic E-state index is 0.523. The number of piperazine rings is 1. The van der Waals surface area contributed by atoms with Gasteiger partial charge in [-0.05, 0) is 19.4 Å². The molecule has 1 aliphatic heterocycles. The largest absolute Gasteiger partial charge is 0.401 e. The van der Waals surface area contributed by atoms with Crippen molar-refractivity contribution in [1.29, 1.82) is 0 Å². The summed E-state index contributed by atoms with van der Waals surface area (Å²) in [4.78, 5) is 3.72. The lowest BCUT2D eigenvalue weighted by molar-refractivity contribution is -0.149. The van der Waals surface area contributed by atoms with Gasteiger partial charge in [-0.1, -0.05) is 6.42 Å². The van der Waals surface area contributed by atoms with Crippen LogP contribution in [0.1, 0.15) is 19.3 Å². The lowest BCUT2D eigenvalue weighted by atomic mass is 10.2. The molecule has 0 saturated carbocycles. The Bertz CT molecular complexity index is 203. The molecule has 17 heavy (non-hydrogen) atoms. The molecule has 0 atom stereocenters. The maximum Gasteiger partial charge on any atom is 0.401 e. The van der Waals surface area contributed by atoms with E-state index < -0.39 is 12.7 Å². The zero-order valence-corrected chi connectivity index (χ0v) is 10.7. The molecule has 1 saturated heterocycles. The molecule has 0 aromatic carbocycles. The second-order valence-electron chi connectivity index (χ2n) is 4.48. The highest BCUT2D eigenvalue weighted by molar-refractivity contribution is 6.17. The van der Waals surface area contributed by atoms with Crippen molar-refractivity contribution in [3.05, 3.63) is 0 Å². The first-order chi connectivity index (χ1) is 8.01. The van der Waals surface area contributed by atoms with Gasteiger partial charge >= 0.3 is 6.18 Å². The second-order valence-corrected chi connectivity index (χ2v) is 4.86. The Morgan fingerprint density at radius 1 is 0.882 bits per heavy atom. The van der Waals surface area contributed by atoms with Crippen LogP contribution in [-0.4, -0.2) is 61.1 Å². The van der Waals surface area contributed by atoms with E-state index in [0.29, 0.717) is 19.0 Å². The highest BCUT2D eigenvalue weighted by atomic mass is 35.5. The normalized spacial score (nSPS) is 19.8. The van der Waals surface area contributed by atoms with E-state index in [1.54, 1.807) is 0 Å². The molecule has 0 aliphatic carbocycles. The maximum atomic E-state index is 12.2. The van der Waals surface area contributed by atoms with Crippen molar-refractivity contribution in [2.24, 2.45) is 0 Å². The average molecular weight is 273 g/mol. The summed E-state index contributed by atoms with van der Waals surface area (Å²) in [6.45, 7) is 2.75. The van der Waals surface area contributed by atoms with Gasteiger partial charge in [0.05, 0.1) is 6.54 Å². The van der Waals surface area contributed by atoms with Crippen LogP contribution in [0.5, 0.6) is 0 Å². The number of alkyl halides is 4. The highest BCUT2D eigenvalue weighted by Gasteiger charge is 2.31. The predicted molar refractivity (Wildman–Crippen MR) is 63.5 cm³/mol. The Labute approximate surface area is 106 Å². The summed E-state index contributed by atoms with van der Waals surface area (Å²) in [5.41, 5.74) is 0. The van der Waals surface area contributed by atoms with E-state index in [-0.39, 0.29) is 0 Å². The van der Waals surface area contributed by atoms with Gasteiger partial charge in [-0.2, -0.15) is 13.2 Å². The molecule has 0 spiro atoms. The smallest absolute Gasteiger partial charge is 0.301 e. The molecule has 102 valence electrons. The molecule has 0 bridgehead atoms. The molecule has 1 fully saturated rings. The van der Waals surface area contributed by atoms with Crippen LogP contribution in [0.25, 0.3) is 0 Å². The number of hydrogen-bond acceptors (Lipinski definition) is 2. The topological polar surface area (TPSA) is 6.48 Å². The number of hydrogen-bond donors (Lipinski definition) is 0. The first-order valence-corrected chi connectivity index (χ1v) is 6.62. The quantitative estimate of drug-likeness (QED) is 0.542. The van der Waals surface area contributed by atoms with E-state index >= 15 is 0 Å². The highest BCUT2D eigenvalue weighted by Crippen LogP contribution is 2.17. The van der Waals surface area contributed by atoms with Crippen LogP contribution in [0, 0.1) is 0 Å². The molecule has 0 radical (unpaired) electrons. The van der Waals surface area contributed by atoms with Gasteiger partial charge in [-0.3, -0.25) is 4.90 Å². The first-order valence-electron chi connectivity index (χ1n) is 6.09. The third-order valence-electron chi connectivity index (χ3n) is 2.98. The van der Waals surface area contributed by atoms with Gasteiger partial charge in [0.25, 0.3) is 0 Å². The summed E-state index contributed by atoms with van der Waals surface area (Å²) in [7, 11) is 0. The van der Waals surface area contributed by atoms with Crippen LogP contribution >= 0.6 is 11.6 Å². The Morgan fingerprint density at radius 2 is 1.47 bits per heavy atom. The van der Waals surface area contributed by atoms with Gasteiger partial charge in [-0.25, -0.2) is 0 Å². The predicted octanol–water partition coefficient (Wildman–Crippen LogP) is 2.58. The summed E-state index contributed by atoms with van der Waals surface area (Å²) in [6.07, 6.45) is -0.851. The van der Waals surface area contributed by atoms with Crippen LogP contribution in [-0.2, 0) is 0 Å². The lowest BCUT2D eigenvalue weighted by Crippen LogP contribution is -2.49. The molecule has 0 unspecified atom stereocenters. The Balaban J connectivity index is 2.09. The van der Waals surface area contributed by atoms with Gasteiger partial charge in [0, 0.05) is 32.1 Å². The summed E-state index contributed by atoms with van der Waals surface area (Å²) >= 11 is 5.58. The van der Waals surface area contributed by atoms with Crippen LogP contribution in [0.4, 0.5) is 13.2 Å². The van der Waals surface area contributed by atoms with E-state index in [4.69, 9.17) is 11.6 Å². The molecule has 1 aliphatic rings. The molecule has 1 rings (SSSR count). The molecule has 0 aromatic heterocycles. The molecule has 6 heteroatoms. The molecule has 0 N–H and O–H groups in total. The Kier molecular flexibility index (Phi) is 6.59. The fourth-order valence-electron chi connectivity index (χ4n) is 2.03. The van der Waals surface area contributed by atoms with E-state index in [9.17, 15) is 13.2 Å². The minimum Gasteiger partial charge on any atom is -0.301 e.